The summed E-state index contributed by atoms with van der Waals surface area (Å²) >= 11 is 1.50. The molecule has 1 aliphatic carbocycles. The van der Waals surface area contributed by atoms with Gasteiger partial charge in [-0.2, -0.15) is 4.37 Å². The van der Waals surface area contributed by atoms with E-state index in [1.54, 1.807) is 6.20 Å². The molecule has 0 aliphatic heterocycles. The van der Waals surface area contributed by atoms with E-state index in [0.29, 0.717) is 5.82 Å². The number of carbonyl (C=O) groups excluding carboxylic acids is 1. The van der Waals surface area contributed by atoms with E-state index in [2.05, 4.69) is 28.5 Å². The molecule has 1 atom stereocenters. The number of aromatic nitrogens is 2. The van der Waals surface area contributed by atoms with Crippen molar-refractivity contribution in [3.05, 3.63) is 28.9 Å². The van der Waals surface area contributed by atoms with E-state index in [1.165, 1.54) is 16.4 Å². The van der Waals surface area contributed by atoms with Crippen molar-refractivity contribution in [1.82, 2.24) is 9.36 Å². The van der Waals surface area contributed by atoms with Gasteiger partial charge in [-0.3, -0.25) is 4.79 Å². The van der Waals surface area contributed by atoms with E-state index >= 15 is 0 Å². The smallest absolute Gasteiger partial charge is 0.242 e. The van der Waals surface area contributed by atoms with Crippen LogP contribution in [-0.4, -0.2) is 21.3 Å². The van der Waals surface area contributed by atoms with Gasteiger partial charge in [0.05, 0.1) is 11.7 Å². The van der Waals surface area contributed by atoms with Crippen molar-refractivity contribution in [1.29, 1.82) is 0 Å². The lowest BCUT2D eigenvalue weighted by Gasteiger charge is -2.29. The number of aryl methyl sites for hydroxylation is 2. The second-order valence-electron chi connectivity index (χ2n) is 7.17. The average molecular weight is 359 g/mol. The van der Waals surface area contributed by atoms with Crippen molar-refractivity contribution < 1.29 is 4.79 Å². The topological polar surface area (TPSA) is 80.9 Å². The minimum Gasteiger partial charge on any atom is -0.320 e. The van der Waals surface area contributed by atoms with Crippen LogP contribution in [0.15, 0.2) is 18.3 Å². The third kappa shape index (κ3) is 4.07. The number of nitrogens with one attached hydrogen (secondary N) is 1. The van der Waals surface area contributed by atoms with Crippen LogP contribution in [0.4, 0.5) is 5.82 Å². The molecule has 2 heterocycles. The standard InChI is InChI=1S/C19H26N4OS/c1-11-4-6-14(7-5-11)18(20)19(24)22-16-9-8-15(10-21-16)17-12(2)23-25-13(17)3/h8-11,14,18H,4-7,20H2,1-3H3,(H,21,22,24). The molecule has 0 saturated heterocycles. The SMILES string of the molecule is Cc1nsc(C)c1-c1ccc(NC(=O)C(N)C2CCC(C)CC2)nc1. The van der Waals surface area contributed by atoms with E-state index in [9.17, 15) is 4.79 Å². The quantitative estimate of drug-likeness (QED) is 0.868. The highest BCUT2D eigenvalue weighted by molar-refractivity contribution is 7.06. The van der Waals surface area contributed by atoms with Gasteiger partial charge in [-0.1, -0.05) is 19.8 Å². The van der Waals surface area contributed by atoms with Crippen LogP contribution < -0.4 is 11.1 Å². The van der Waals surface area contributed by atoms with Gasteiger partial charge in [0.1, 0.15) is 5.82 Å². The Balaban J connectivity index is 1.64. The number of hydrogen-bond acceptors (Lipinski definition) is 5. The van der Waals surface area contributed by atoms with Crippen LogP contribution in [0.1, 0.15) is 43.2 Å². The summed E-state index contributed by atoms with van der Waals surface area (Å²) in [5.74, 6) is 1.44. The number of nitrogens with zero attached hydrogens (tertiary/aromatic N) is 2. The van der Waals surface area contributed by atoms with Crippen LogP contribution in [0, 0.1) is 25.7 Å². The van der Waals surface area contributed by atoms with Crippen LogP contribution in [0.25, 0.3) is 11.1 Å². The maximum atomic E-state index is 12.4. The van der Waals surface area contributed by atoms with E-state index in [0.717, 1.165) is 48.4 Å². The Morgan fingerprint density at radius 2 is 2.00 bits per heavy atom. The molecule has 0 aromatic carbocycles. The van der Waals surface area contributed by atoms with Gasteiger partial charge in [0.2, 0.25) is 5.91 Å². The zero-order chi connectivity index (χ0) is 18.0. The molecule has 1 unspecified atom stereocenters. The van der Waals surface area contributed by atoms with Crippen molar-refractivity contribution in [3.63, 3.8) is 0 Å². The summed E-state index contributed by atoms with van der Waals surface area (Å²) in [7, 11) is 0. The number of hydrogen-bond donors (Lipinski definition) is 2. The summed E-state index contributed by atoms with van der Waals surface area (Å²) in [5, 5.41) is 2.86. The molecule has 1 aliphatic rings. The lowest BCUT2D eigenvalue weighted by Crippen LogP contribution is -2.43. The predicted molar refractivity (Wildman–Crippen MR) is 103 cm³/mol. The van der Waals surface area contributed by atoms with Crippen molar-refractivity contribution in [2.75, 3.05) is 5.32 Å². The molecule has 134 valence electrons. The first-order valence-electron chi connectivity index (χ1n) is 8.91. The number of rotatable bonds is 4. The number of carbonyl (C=O) groups is 1. The molecule has 1 fully saturated rings. The first-order valence-corrected chi connectivity index (χ1v) is 9.68. The van der Waals surface area contributed by atoms with Gasteiger partial charge in [0, 0.05) is 22.2 Å². The van der Waals surface area contributed by atoms with Crippen LogP contribution in [-0.2, 0) is 4.79 Å². The average Bonchev–Trinajstić information content (AvgIpc) is 2.94. The maximum absolute atomic E-state index is 12.4. The minimum absolute atomic E-state index is 0.135. The van der Waals surface area contributed by atoms with Crippen molar-refractivity contribution in [3.8, 4) is 11.1 Å². The van der Waals surface area contributed by atoms with Gasteiger partial charge in [-0.15, -0.1) is 0 Å². The number of anilines is 1. The summed E-state index contributed by atoms with van der Waals surface area (Å²) < 4.78 is 4.37. The normalized spacial score (nSPS) is 21.8. The van der Waals surface area contributed by atoms with Gasteiger partial charge in [0.25, 0.3) is 0 Å². The maximum Gasteiger partial charge on any atom is 0.242 e. The molecule has 0 bridgehead atoms. The zero-order valence-corrected chi connectivity index (χ0v) is 15.9. The van der Waals surface area contributed by atoms with Crippen LogP contribution in [0.2, 0.25) is 0 Å². The molecular formula is C19H26N4OS. The zero-order valence-electron chi connectivity index (χ0n) is 15.1. The fraction of sp³-hybridized carbons (Fsp3) is 0.526. The molecule has 1 saturated carbocycles. The summed E-state index contributed by atoms with van der Waals surface area (Å²) in [6.07, 6.45) is 6.17. The van der Waals surface area contributed by atoms with E-state index in [1.807, 2.05) is 19.1 Å². The molecule has 6 heteroatoms. The largest absolute Gasteiger partial charge is 0.320 e. The lowest BCUT2D eigenvalue weighted by atomic mass is 9.79. The van der Waals surface area contributed by atoms with Gasteiger partial charge in [0.15, 0.2) is 0 Å². The Morgan fingerprint density at radius 3 is 2.56 bits per heavy atom. The summed E-state index contributed by atoms with van der Waals surface area (Å²) in [5.41, 5.74) is 9.34. The van der Waals surface area contributed by atoms with Crippen LogP contribution in [0.3, 0.4) is 0 Å². The van der Waals surface area contributed by atoms with Gasteiger partial charge in [-0.25, -0.2) is 4.98 Å². The second kappa shape index (κ2) is 7.62. The van der Waals surface area contributed by atoms with E-state index in [-0.39, 0.29) is 11.8 Å². The third-order valence-electron chi connectivity index (χ3n) is 5.21. The van der Waals surface area contributed by atoms with Crippen molar-refractivity contribution in [2.45, 2.75) is 52.5 Å². The molecule has 5 nitrogen and oxygen atoms in total. The molecule has 3 N–H and O–H groups in total. The Hall–Kier alpha value is -1.79. The number of nitrogens with two attached hydrogens (primary N) is 1. The molecular weight excluding hydrogens is 332 g/mol. The molecule has 25 heavy (non-hydrogen) atoms. The van der Waals surface area contributed by atoms with Crippen LogP contribution in [0.5, 0.6) is 0 Å². The Labute approximate surface area is 153 Å². The Bertz CT molecular complexity index is 713. The van der Waals surface area contributed by atoms with Crippen LogP contribution >= 0.6 is 11.5 Å². The molecule has 3 rings (SSSR count). The van der Waals surface area contributed by atoms with Crippen molar-refractivity contribution >= 4 is 23.3 Å². The Morgan fingerprint density at radius 1 is 1.28 bits per heavy atom. The van der Waals surface area contributed by atoms with E-state index < -0.39 is 6.04 Å². The summed E-state index contributed by atoms with van der Waals surface area (Å²) in [4.78, 5) is 18.0. The molecule has 0 spiro atoms. The van der Waals surface area contributed by atoms with E-state index in [4.69, 9.17) is 5.73 Å². The highest BCUT2D eigenvalue weighted by atomic mass is 32.1. The minimum atomic E-state index is -0.459. The van der Waals surface area contributed by atoms with Crippen molar-refractivity contribution in [2.24, 2.45) is 17.6 Å². The third-order valence-corrected chi connectivity index (χ3v) is 6.05. The fourth-order valence-corrected chi connectivity index (χ4v) is 4.30. The number of pyridine rings is 1. The monoisotopic (exact) mass is 358 g/mol. The van der Waals surface area contributed by atoms with Gasteiger partial charge >= 0.3 is 0 Å². The molecule has 1 amide bonds. The lowest BCUT2D eigenvalue weighted by molar-refractivity contribution is -0.118. The molecule has 2 aromatic heterocycles. The first-order chi connectivity index (χ1) is 12.0. The van der Waals surface area contributed by atoms with Gasteiger partial charge in [-0.05, 0) is 62.2 Å². The first kappa shape index (κ1) is 18.0. The highest BCUT2D eigenvalue weighted by Gasteiger charge is 2.28. The molecule has 0 radical (unpaired) electrons. The number of amides is 1. The Kier molecular flexibility index (Phi) is 5.49. The second-order valence-corrected chi connectivity index (χ2v) is 8.14. The molecule has 2 aromatic rings. The fourth-order valence-electron chi connectivity index (χ4n) is 3.58. The highest BCUT2D eigenvalue weighted by Crippen LogP contribution is 2.31. The van der Waals surface area contributed by atoms with Gasteiger partial charge < -0.3 is 11.1 Å². The summed E-state index contributed by atoms with van der Waals surface area (Å²) in [6.45, 7) is 6.32. The summed E-state index contributed by atoms with van der Waals surface area (Å²) in [6, 6.07) is 3.35. The predicted octanol–water partition coefficient (Wildman–Crippen LogP) is 3.91.